The Morgan fingerprint density at radius 2 is 1.85 bits per heavy atom. The molecule has 1 N–H and O–H groups in total. The number of hydrogen-bond donors (Lipinski definition) is 1. The second-order valence-corrected chi connectivity index (χ2v) is 4.27. The van der Waals surface area contributed by atoms with E-state index in [0.29, 0.717) is 12.8 Å². The first-order valence-electron chi connectivity index (χ1n) is 5.21. The first kappa shape index (κ1) is 8.97. The number of carbonyl (C=O) groups excluding carboxylic acids is 1. The summed E-state index contributed by atoms with van der Waals surface area (Å²) >= 11 is 0. The van der Waals surface area contributed by atoms with Crippen molar-refractivity contribution in [3.63, 3.8) is 0 Å². The highest BCUT2D eigenvalue weighted by Crippen LogP contribution is 2.36. The van der Waals surface area contributed by atoms with Gasteiger partial charge < -0.3 is 5.32 Å². The zero-order valence-electron chi connectivity index (χ0n) is 7.81. The van der Waals surface area contributed by atoms with E-state index >= 15 is 0 Å². The fourth-order valence-electron chi connectivity index (χ4n) is 2.10. The van der Waals surface area contributed by atoms with Crippen molar-refractivity contribution in [3.8, 4) is 0 Å². The molecule has 2 rings (SSSR count). The molecule has 0 spiro atoms. The summed E-state index contributed by atoms with van der Waals surface area (Å²) in [5.41, 5.74) is -1.51. The van der Waals surface area contributed by atoms with Crippen LogP contribution in [0.15, 0.2) is 0 Å². The van der Waals surface area contributed by atoms with Crippen molar-refractivity contribution >= 4 is 5.91 Å². The minimum atomic E-state index is -1.51. The normalized spacial score (nSPS) is 26.8. The number of alkyl halides is 1. The first-order chi connectivity index (χ1) is 6.21. The molecule has 0 aromatic carbocycles. The maximum atomic E-state index is 13.5. The molecule has 0 unspecified atom stereocenters. The molecule has 0 saturated heterocycles. The van der Waals surface area contributed by atoms with Gasteiger partial charge >= 0.3 is 0 Å². The van der Waals surface area contributed by atoms with Gasteiger partial charge in [0, 0.05) is 6.04 Å². The Kier molecular flexibility index (Phi) is 2.26. The van der Waals surface area contributed by atoms with Crippen LogP contribution < -0.4 is 5.32 Å². The first-order valence-corrected chi connectivity index (χ1v) is 5.21. The lowest BCUT2D eigenvalue weighted by Crippen LogP contribution is -2.50. The molecule has 0 aliphatic heterocycles. The van der Waals surface area contributed by atoms with Crippen molar-refractivity contribution < 1.29 is 9.18 Å². The summed E-state index contributed by atoms with van der Waals surface area (Å²) in [6, 6.07) is 0.251. The standard InChI is InChI=1S/C10H16FNO/c11-10(6-3-7-10)9(13)12-8-4-1-2-5-8/h8H,1-7H2,(H,12,13). The second-order valence-electron chi connectivity index (χ2n) is 4.27. The van der Waals surface area contributed by atoms with Crippen molar-refractivity contribution in [3.05, 3.63) is 0 Å². The quantitative estimate of drug-likeness (QED) is 0.699. The van der Waals surface area contributed by atoms with E-state index in [4.69, 9.17) is 0 Å². The van der Waals surface area contributed by atoms with E-state index in [2.05, 4.69) is 5.32 Å². The summed E-state index contributed by atoms with van der Waals surface area (Å²) in [6.07, 6.45) is 6.10. The molecule has 2 saturated carbocycles. The zero-order valence-corrected chi connectivity index (χ0v) is 7.81. The molecule has 2 nitrogen and oxygen atoms in total. The summed E-state index contributed by atoms with van der Waals surface area (Å²) in [5, 5.41) is 2.81. The molecule has 0 aromatic rings. The number of nitrogens with one attached hydrogen (secondary N) is 1. The Bertz CT molecular complexity index is 207. The molecule has 0 aromatic heterocycles. The summed E-state index contributed by atoms with van der Waals surface area (Å²) < 4.78 is 13.5. The average molecular weight is 185 g/mol. The third kappa shape index (κ3) is 1.69. The number of halogens is 1. The van der Waals surface area contributed by atoms with Gasteiger partial charge in [-0.3, -0.25) is 4.79 Å². The predicted octanol–water partition coefficient (Wildman–Crippen LogP) is 1.94. The van der Waals surface area contributed by atoms with E-state index in [1.807, 2.05) is 0 Å². The van der Waals surface area contributed by atoms with Gasteiger partial charge in [-0.15, -0.1) is 0 Å². The van der Waals surface area contributed by atoms with Gasteiger partial charge in [0.25, 0.3) is 5.91 Å². The Morgan fingerprint density at radius 3 is 2.31 bits per heavy atom. The van der Waals surface area contributed by atoms with E-state index in [1.165, 1.54) is 12.8 Å². The molecular weight excluding hydrogens is 169 g/mol. The van der Waals surface area contributed by atoms with Gasteiger partial charge in [0.05, 0.1) is 0 Å². The SMILES string of the molecule is O=C(NC1CCCC1)C1(F)CCC1. The summed E-state index contributed by atoms with van der Waals surface area (Å²) in [6.45, 7) is 0. The van der Waals surface area contributed by atoms with Crippen LogP contribution in [0.3, 0.4) is 0 Å². The summed E-state index contributed by atoms with van der Waals surface area (Å²) in [4.78, 5) is 11.4. The van der Waals surface area contributed by atoms with Gasteiger partial charge in [-0.1, -0.05) is 12.8 Å². The van der Waals surface area contributed by atoms with Crippen LogP contribution in [0.5, 0.6) is 0 Å². The fraction of sp³-hybridized carbons (Fsp3) is 0.900. The average Bonchev–Trinajstić information content (AvgIpc) is 2.52. The minimum Gasteiger partial charge on any atom is -0.351 e. The molecule has 2 fully saturated rings. The summed E-state index contributed by atoms with van der Waals surface area (Å²) in [7, 11) is 0. The van der Waals surface area contributed by atoms with Crippen LogP contribution in [0.4, 0.5) is 4.39 Å². The maximum absolute atomic E-state index is 13.5. The van der Waals surface area contributed by atoms with Gasteiger partial charge in [-0.2, -0.15) is 0 Å². The second kappa shape index (κ2) is 3.28. The Hall–Kier alpha value is -0.600. The van der Waals surface area contributed by atoms with Crippen LogP contribution in [-0.4, -0.2) is 17.6 Å². The van der Waals surface area contributed by atoms with Crippen LogP contribution >= 0.6 is 0 Å². The molecule has 1 amide bonds. The number of rotatable bonds is 2. The topological polar surface area (TPSA) is 29.1 Å². The van der Waals surface area contributed by atoms with Crippen molar-refractivity contribution in [1.82, 2.24) is 5.32 Å². The van der Waals surface area contributed by atoms with Crippen molar-refractivity contribution in [2.24, 2.45) is 0 Å². The molecule has 3 heteroatoms. The molecule has 2 aliphatic rings. The van der Waals surface area contributed by atoms with Crippen LogP contribution in [0.1, 0.15) is 44.9 Å². The maximum Gasteiger partial charge on any atom is 0.257 e. The van der Waals surface area contributed by atoms with Crippen molar-refractivity contribution in [2.45, 2.75) is 56.7 Å². The van der Waals surface area contributed by atoms with Crippen LogP contribution in [0, 0.1) is 0 Å². The number of carbonyl (C=O) groups is 1. The fourth-order valence-corrected chi connectivity index (χ4v) is 2.10. The number of hydrogen-bond acceptors (Lipinski definition) is 1. The third-order valence-corrected chi connectivity index (χ3v) is 3.24. The highest BCUT2D eigenvalue weighted by atomic mass is 19.1. The zero-order chi connectivity index (χ0) is 9.31. The van der Waals surface area contributed by atoms with Gasteiger partial charge in [-0.25, -0.2) is 4.39 Å². The highest BCUT2D eigenvalue weighted by molar-refractivity contribution is 5.86. The monoisotopic (exact) mass is 185 g/mol. The largest absolute Gasteiger partial charge is 0.351 e. The van der Waals surface area contributed by atoms with Crippen LogP contribution in [0.25, 0.3) is 0 Å². The minimum absolute atomic E-state index is 0.251. The van der Waals surface area contributed by atoms with E-state index in [-0.39, 0.29) is 11.9 Å². The molecule has 0 radical (unpaired) electrons. The predicted molar refractivity (Wildman–Crippen MR) is 48.1 cm³/mol. The Labute approximate surface area is 77.9 Å². The van der Waals surface area contributed by atoms with E-state index in [1.54, 1.807) is 0 Å². The van der Waals surface area contributed by atoms with Crippen LogP contribution in [-0.2, 0) is 4.79 Å². The molecule has 13 heavy (non-hydrogen) atoms. The molecule has 0 atom stereocenters. The number of amides is 1. The molecular formula is C10H16FNO. The van der Waals surface area contributed by atoms with Crippen LogP contribution in [0.2, 0.25) is 0 Å². The third-order valence-electron chi connectivity index (χ3n) is 3.24. The summed E-state index contributed by atoms with van der Waals surface area (Å²) in [5.74, 6) is -0.356. The lowest BCUT2D eigenvalue weighted by molar-refractivity contribution is -0.139. The molecule has 0 heterocycles. The lowest BCUT2D eigenvalue weighted by atomic mass is 9.81. The highest BCUT2D eigenvalue weighted by Gasteiger charge is 2.45. The van der Waals surface area contributed by atoms with E-state index in [0.717, 1.165) is 19.3 Å². The smallest absolute Gasteiger partial charge is 0.257 e. The van der Waals surface area contributed by atoms with Gasteiger partial charge in [0.1, 0.15) is 0 Å². The molecule has 0 bridgehead atoms. The van der Waals surface area contributed by atoms with Crippen molar-refractivity contribution in [1.29, 1.82) is 0 Å². The van der Waals surface area contributed by atoms with E-state index < -0.39 is 5.67 Å². The van der Waals surface area contributed by atoms with E-state index in [9.17, 15) is 9.18 Å². The Morgan fingerprint density at radius 1 is 1.23 bits per heavy atom. The molecule has 74 valence electrons. The Balaban J connectivity index is 1.83. The van der Waals surface area contributed by atoms with Crippen molar-refractivity contribution in [2.75, 3.05) is 0 Å². The van der Waals surface area contributed by atoms with Gasteiger partial charge in [0.15, 0.2) is 5.67 Å². The van der Waals surface area contributed by atoms with Gasteiger partial charge in [0.2, 0.25) is 0 Å². The lowest BCUT2D eigenvalue weighted by Gasteiger charge is -2.33. The molecule has 2 aliphatic carbocycles. The van der Waals surface area contributed by atoms with Gasteiger partial charge in [-0.05, 0) is 32.1 Å².